The van der Waals surface area contributed by atoms with Crippen molar-refractivity contribution < 1.29 is 9.53 Å². The van der Waals surface area contributed by atoms with Crippen LogP contribution in [0.15, 0.2) is 35.2 Å². The van der Waals surface area contributed by atoms with Crippen molar-refractivity contribution in [2.24, 2.45) is 0 Å². The number of carbonyl (C=O) groups is 1. The van der Waals surface area contributed by atoms with E-state index in [1.165, 1.54) is 17.8 Å². The lowest BCUT2D eigenvalue weighted by atomic mass is 10.1. The van der Waals surface area contributed by atoms with Crippen molar-refractivity contribution in [1.82, 2.24) is 10.3 Å². The molecule has 0 bridgehead atoms. The van der Waals surface area contributed by atoms with E-state index >= 15 is 0 Å². The minimum atomic E-state index is -0.0875. The predicted octanol–water partition coefficient (Wildman–Crippen LogP) is 3.11. The molecule has 0 spiro atoms. The van der Waals surface area contributed by atoms with Gasteiger partial charge in [-0.1, -0.05) is 18.2 Å². The van der Waals surface area contributed by atoms with E-state index in [1.54, 1.807) is 11.3 Å². The highest BCUT2D eigenvalue weighted by molar-refractivity contribution is 7.09. The van der Waals surface area contributed by atoms with Crippen molar-refractivity contribution in [1.29, 1.82) is 0 Å². The fraction of sp³-hybridized carbons (Fsp3) is 0.294. The number of hydrogen-bond acceptors (Lipinski definition) is 4. The van der Waals surface area contributed by atoms with Crippen molar-refractivity contribution in [3.05, 3.63) is 51.5 Å². The van der Waals surface area contributed by atoms with Crippen LogP contribution in [0, 0.1) is 0 Å². The minimum Gasteiger partial charge on any atom is -0.488 e. The van der Waals surface area contributed by atoms with Crippen molar-refractivity contribution in [2.75, 3.05) is 6.61 Å². The second kappa shape index (κ2) is 5.57. The Labute approximate surface area is 132 Å². The zero-order valence-corrected chi connectivity index (χ0v) is 12.9. The van der Waals surface area contributed by atoms with Crippen molar-refractivity contribution >= 4 is 23.3 Å². The molecule has 0 radical (unpaired) electrons. The Hall–Kier alpha value is -2.14. The summed E-state index contributed by atoms with van der Waals surface area (Å²) in [6.07, 6.45) is 4.40. The van der Waals surface area contributed by atoms with Gasteiger partial charge in [-0.3, -0.25) is 4.79 Å². The van der Waals surface area contributed by atoms with E-state index in [0.717, 1.165) is 17.0 Å². The minimum absolute atomic E-state index is 0.0875. The zero-order chi connectivity index (χ0) is 14.9. The average Bonchev–Trinajstić information content (AvgIpc) is 3.31. The van der Waals surface area contributed by atoms with Gasteiger partial charge in [0.05, 0.1) is 22.8 Å². The molecule has 2 aliphatic rings. The summed E-state index contributed by atoms with van der Waals surface area (Å²) in [6.45, 7) is 0.786. The van der Waals surface area contributed by atoms with Crippen LogP contribution in [0.5, 0.6) is 5.75 Å². The maximum atomic E-state index is 12.3. The Morgan fingerprint density at radius 2 is 2.23 bits per heavy atom. The first-order valence-electron chi connectivity index (χ1n) is 7.44. The summed E-state index contributed by atoms with van der Waals surface area (Å²) >= 11 is 1.70. The van der Waals surface area contributed by atoms with E-state index in [0.29, 0.717) is 24.6 Å². The summed E-state index contributed by atoms with van der Waals surface area (Å²) in [6, 6.07) is 7.73. The predicted molar refractivity (Wildman–Crippen MR) is 85.8 cm³/mol. The summed E-state index contributed by atoms with van der Waals surface area (Å²) in [5, 5.41) is 6.17. The van der Waals surface area contributed by atoms with E-state index in [-0.39, 0.29) is 5.91 Å². The molecule has 1 amide bonds. The molecular formula is C17H16N2O2S. The highest BCUT2D eigenvalue weighted by Gasteiger charge is 2.26. The Kier molecular flexibility index (Phi) is 3.42. The second-order valence-electron chi connectivity index (χ2n) is 5.63. The van der Waals surface area contributed by atoms with E-state index in [4.69, 9.17) is 4.74 Å². The number of benzene rings is 1. The molecule has 1 aromatic heterocycles. The molecule has 22 heavy (non-hydrogen) atoms. The van der Waals surface area contributed by atoms with Crippen LogP contribution in [0.1, 0.15) is 35.0 Å². The summed E-state index contributed by atoms with van der Waals surface area (Å²) in [5.41, 5.74) is 2.54. The van der Waals surface area contributed by atoms with Gasteiger partial charge >= 0.3 is 0 Å². The standard InChI is InChI=1S/C17H16N2O2S/c20-16(13-7-12-3-1-2-4-15(12)21-9-13)18-8-14-10-22-17(19-14)11-5-6-11/h1-4,7,10-11H,5-6,8-9H2,(H,18,20). The lowest BCUT2D eigenvalue weighted by molar-refractivity contribution is -0.117. The second-order valence-corrected chi connectivity index (χ2v) is 6.52. The molecular weight excluding hydrogens is 296 g/mol. The van der Waals surface area contributed by atoms with Gasteiger partial charge in [0.25, 0.3) is 5.91 Å². The fourth-order valence-corrected chi connectivity index (χ4v) is 3.44. The third-order valence-corrected chi connectivity index (χ3v) is 4.91. The molecule has 1 aromatic carbocycles. The number of para-hydroxylation sites is 1. The summed E-state index contributed by atoms with van der Waals surface area (Å²) in [4.78, 5) is 16.8. The first kappa shape index (κ1) is 13.5. The first-order chi connectivity index (χ1) is 10.8. The van der Waals surface area contributed by atoms with Crippen LogP contribution in [-0.4, -0.2) is 17.5 Å². The number of amides is 1. The van der Waals surface area contributed by atoms with Crippen molar-refractivity contribution in [3.8, 4) is 5.75 Å². The Balaban J connectivity index is 1.40. The van der Waals surface area contributed by atoms with Crippen LogP contribution < -0.4 is 10.1 Å². The number of nitrogens with zero attached hydrogens (tertiary/aromatic N) is 1. The molecule has 0 saturated heterocycles. The molecule has 5 heteroatoms. The Morgan fingerprint density at radius 1 is 1.36 bits per heavy atom. The normalized spacial score (nSPS) is 16.5. The molecule has 0 unspecified atom stereocenters. The fourth-order valence-electron chi connectivity index (χ4n) is 2.45. The number of hydrogen-bond donors (Lipinski definition) is 1. The van der Waals surface area contributed by atoms with E-state index in [1.807, 2.05) is 35.7 Å². The number of fused-ring (bicyclic) bond motifs is 1. The number of aromatic nitrogens is 1. The number of ether oxygens (including phenoxy) is 1. The first-order valence-corrected chi connectivity index (χ1v) is 8.32. The number of nitrogens with one attached hydrogen (secondary N) is 1. The third-order valence-electron chi connectivity index (χ3n) is 3.85. The van der Waals surface area contributed by atoms with Gasteiger partial charge in [-0.15, -0.1) is 11.3 Å². The van der Waals surface area contributed by atoms with Gasteiger partial charge in [-0.2, -0.15) is 0 Å². The monoisotopic (exact) mass is 312 g/mol. The van der Waals surface area contributed by atoms with Crippen LogP contribution >= 0.6 is 11.3 Å². The molecule has 0 atom stereocenters. The van der Waals surface area contributed by atoms with Crippen molar-refractivity contribution in [2.45, 2.75) is 25.3 Å². The van der Waals surface area contributed by atoms with Gasteiger partial charge in [-0.25, -0.2) is 4.98 Å². The molecule has 4 rings (SSSR count). The highest BCUT2D eigenvalue weighted by atomic mass is 32.1. The molecule has 2 heterocycles. The van der Waals surface area contributed by atoms with Gasteiger partial charge in [0.1, 0.15) is 12.4 Å². The largest absolute Gasteiger partial charge is 0.488 e. The van der Waals surface area contributed by atoms with Gasteiger partial charge in [0, 0.05) is 16.9 Å². The topological polar surface area (TPSA) is 51.2 Å². The number of carbonyl (C=O) groups excluding carboxylic acids is 1. The quantitative estimate of drug-likeness (QED) is 0.944. The van der Waals surface area contributed by atoms with E-state index in [2.05, 4.69) is 10.3 Å². The lowest BCUT2D eigenvalue weighted by Crippen LogP contribution is -2.28. The summed E-state index contributed by atoms with van der Waals surface area (Å²) in [7, 11) is 0. The zero-order valence-electron chi connectivity index (χ0n) is 12.0. The average molecular weight is 312 g/mol. The molecule has 1 aliphatic heterocycles. The Morgan fingerprint density at radius 3 is 3.09 bits per heavy atom. The van der Waals surface area contributed by atoms with Gasteiger partial charge in [0.15, 0.2) is 0 Å². The van der Waals surface area contributed by atoms with Gasteiger partial charge in [0.2, 0.25) is 0 Å². The lowest BCUT2D eigenvalue weighted by Gasteiger charge is -2.17. The van der Waals surface area contributed by atoms with Crippen LogP contribution in [0.2, 0.25) is 0 Å². The smallest absolute Gasteiger partial charge is 0.251 e. The maximum Gasteiger partial charge on any atom is 0.251 e. The SMILES string of the molecule is O=C(NCc1csc(C2CC2)n1)C1=Cc2ccccc2OC1. The highest BCUT2D eigenvalue weighted by Crippen LogP contribution is 2.41. The molecule has 1 saturated carbocycles. The number of thiazole rings is 1. The van der Waals surface area contributed by atoms with Gasteiger partial charge in [-0.05, 0) is 25.0 Å². The Bertz CT molecular complexity index is 747. The van der Waals surface area contributed by atoms with E-state index < -0.39 is 0 Å². The molecule has 1 fully saturated rings. The van der Waals surface area contributed by atoms with Crippen LogP contribution in [0.4, 0.5) is 0 Å². The summed E-state index contributed by atoms with van der Waals surface area (Å²) < 4.78 is 5.61. The molecule has 1 aliphatic carbocycles. The van der Waals surface area contributed by atoms with Crippen LogP contribution in [0.25, 0.3) is 6.08 Å². The molecule has 2 aromatic rings. The molecule has 112 valence electrons. The third kappa shape index (κ3) is 2.76. The molecule has 4 nitrogen and oxygen atoms in total. The van der Waals surface area contributed by atoms with Crippen LogP contribution in [-0.2, 0) is 11.3 Å². The number of rotatable bonds is 4. The van der Waals surface area contributed by atoms with Gasteiger partial charge < -0.3 is 10.1 Å². The van der Waals surface area contributed by atoms with Crippen LogP contribution in [0.3, 0.4) is 0 Å². The molecule has 1 N–H and O–H groups in total. The summed E-state index contributed by atoms with van der Waals surface area (Å²) in [5.74, 6) is 1.41. The van der Waals surface area contributed by atoms with Crippen molar-refractivity contribution in [3.63, 3.8) is 0 Å². The van der Waals surface area contributed by atoms with E-state index in [9.17, 15) is 4.79 Å². The maximum absolute atomic E-state index is 12.3.